The molecule has 0 unspecified atom stereocenters. The van der Waals surface area contributed by atoms with E-state index in [0.717, 1.165) is 44.8 Å². The van der Waals surface area contributed by atoms with Gasteiger partial charge < -0.3 is 15.1 Å². The molecule has 0 radical (unpaired) electrons. The van der Waals surface area contributed by atoms with Gasteiger partial charge in [-0.1, -0.05) is 12.1 Å². The summed E-state index contributed by atoms with van der Waals surface area (Å²) in [4.78, 5) is 16.9. The molecule has 1 saturated heterocycles. The molecule has 0 spiro atoms. The number of nitrogens with one attached hydrogen (secondary N) is 1. The third kappa shape index (κ3) is 4.16. The number of aryl methyl sites for hydroxylation is 2. The van der Waals surface area contributed by atoms with Crippen molar-refractivity contribution in [2.75, 3.05) is 44.2 Å². The summed E-state index contributed by atoms with van der Waals surface area (Å²) in [5, 5.41) is 3.43. The van der Waals surface area contributed by atoms with E-state index in [1.807, 2.05) is 30.9 Å². The first-order valence-corrected chi connectivity index (χ1v) is 10.0. The average Bonchev–Trinajstić information content (AvgIpc) is 2.71. The van der Waals surface area contributed by atoms with Gasteiger partial charge in [-0.25, -0.2) is 0 Å². The van der Waals surface area contributed by atoms with Crippen LogP contribution < -0.4 is 10.2 Å². The lowest BCUT2D eigenvalue weighted by Crippen LogP contribution is -2.43. The molecule has 3 rings (SSSR count). The van der Waals surface area contributed by atoms with Crippen molar-refractivity contribution >= 4 is 11.6 Å². The molecule has 27 heavy (non-hydrogen) atoms. The Morgan fingerprint density at radius 2 is 1.59 bits per heavy atom. The molecule has 0 aromatic heterocycles. The van der Waals surface area contributed by atoms with Crippen LogP contribution in [0, 0.1) is 13.8 Å². The Bertz CT molecular complexity index is 788. The molecule has 0 atom stereocenters. The number of benzene rings is 2. The lowest BCUT2D eigenvalue weighted by Gasteiger charge is -2.32. The van der Waals surface area contributed by atoms with Crippen LogP contribution in [-0.4, -0.2) is 50.1 Å². The summed E-state index contributed by atoms with van der Waals surface area (Å²) >= 11 is 0. The van der Waals surface area contributed by atoms with Gasteiger partial charge in [0.2, 0.25) is 0 Å². The number of amides is 1. The highest BCUT2D eigenvalue weighted by molar-refractivity contribution is 5.95. The van der Waals surface area contributed by atoms with Crippen LogP contribution in [0.5, 0.6) is 0 Å². The van der Waals surface area contributed by atoms with Gasteiger partial charge in [0.15, 0.2) is 0 Å². The number of rotatable bonds is 5. The van der Waals surface area contributed by atoms with Crippen molar-refractivity contribution in [1.82, 2.24) is 10.2 Å². The first-order chi connectivity index (χ1) is 13.0. The normalized spacial score (nSPS) is 14.3. The van der Waals surface area contributed by atoms with E-state index in [-0.39, 0.29) is 5.91 Å². The fourth-order valence-electron chi connectivity index (χ4n) is 3.69. The van der Waals surface area contributed by atoms with Crippen molar-refractivity contribution in [2.24, 2.45) is 0 Å². The molecule has 0 aliphatic carbocycles. The summed E-state index contributed by atoms with van der Waals surface area (Å²) < 4.78 is 0. The molecule has 1 aliphatic heterocycles. The number of carbonyl (C=O) groups is 1. The van der Waals surface area contributed by atoms with Gasteiger partial charge >= 0.3 is 0 Å². The topological polar surface area (TPSA) is 35.6 Å². The number of hydrogen-bond acceptors (Lipinski definition) is 3. The van der Waals surface area contributed by atoms with Crippen molar-refractivity contribution in [3.8, 4) is 11.1 Å². The lowest BCUT2D eigenvalue weighted by molar-refractivity contribution is 0.0773. The lowest BCUT2D eigenvalue weighted by atomic mass is 9.96. The Labute approximate surface area is 163 Å². The van der Waals surface area contributed by atoms with Gasteiger partial charge in [0.1, 0.15) is 0 Å². The zero-order valence-corrected chi connectivity index (χ0v) is 17.0. The summed E-state index contributed by atoms with van der Waals surface area (Å²) in [7, 11) is 0. The van der Waals surface area contributed by atoms with Gasteiger partial charge in [-0.3, -0.25) is 4.79 Å². The number of anilines is 1. The third-order valence-electron chi connectivity index (χ3n) is 5.56. The Hall–Kier alpha value is -2.33. The summed E-state index contributed by atoms with van der Waals surface area (Å²) in [6.07, 6.45) is 0. The Morgan fingerprint density at radius 3 is 2.19 bits per heavy atom. The van der Waals surface area contributed by atoms with E-state index < -0.39 is 0 Å². The second-order valence-corrected chi connectivity index (χ2v) is 7.25. The van der Waals surface area contributed by atoms with E-state index in [2.05, 4.69) is 48.3 Å². The Balaban J connectivity index is 1.96. The van der Waals surface area contributed by atoms with Crippen LogP contribution >= 0.6 is 0 Å². The highest BCUT2D eigenvalue weighted by Crippen LogP contribution is 2.34. The predicted molar refractivity (Wildman–Crippen MR) is 114 cm³/mol. The minimum absolute atomic E-state index is 0.106. The number of piperazine rings is 1. The third-order valence-corrected chi connectivity index (χ3v) is 5.56. The van der Waals surface area contributed by atoms with Crippen LogP contribution in [0.4, 0.5) is 5.69 Å². The fourth-order valence-corrected chi connectivity index (χ4v) is 3.69. The molecule has 1 fully saturated rings. The Kier molecular flexibility index (Phi) is 6.17. The smallest absolute Gasteiger partial charge is 0.253 e. The molecule has 2 aromatic carbocycles. The van der Waals surface area contributed by atoms with Gasteiger partial charge in [-0.05, 0) is 68.7 Å². The molecule has 1 N–H and O–H groups in total. The first kappa shape index (κ1) is 19.4. The monoisotopic (exact) mass is 365 g/mol. The van der Waals surface area contributed by atoms with Gasteiger partial charge in [0, 0.05) is 56.1 Å². The second-order valence-electron chi connectivity index (χ2n) is 7.25. The van der Waals surface area contributed by atoms with Crippen LogP contribution in [0.2, 0.25) is 0 Å². The summed E-state index contributed by atoms with van der Waals surface area (Å²) in [6, 6.07) is 12.7. The van der Waals surface area contributed by atoms with E-state index in [9.17, 15) is 4.79 Å². The Morgan fingerprint density at radius 1 is 1.00 bits per heavy atom. The minimum Gasteiger partial charge on any atom is -0.368 e. The maximum atomic E-state index is 12.6. The minimum atomic E-state index is 0.106. The summed E-state index contributed by atoms with van der Waals surface area (Å²) in [5.74, 6) is 0.106. The molecule has 4 heteroatoms. The largest absolute Gasteiger partial charge is 0.368 e. The van der Waals surface area contributed by atoms with Crippen molar-refractivity contribution < 1.29 is 4.79 Å². The van der Waals surface area contributed by atoms with Crippen molar-refractivity contribution in [3.63, 3.8) is 0 Å². The van der Waals surface area contributed by atoms with E-state index in [1.165, 1.54) is 27.9 Å². The van der Waals surface area contributed by atoms with Gasteiger partial charge in [0.05, 0.1) is 0 Å². The van der Waals surface area contributed by atoms with Gasteiger partial charge in [-0.15, -0.1) is 0 Å². The SMILES string of the molecule is CCN(CC)C(=O)c1ccc(-c2cc(C)c(C)cc2N2CCNCC2)cc1. The molecular formula is C23H31N3O. The zero-order valence-electron chi connectivity index (χ0n) is 17.0. The fraction of sp³-hybridized carbons (Fsp3) is 0.435. The van der Waals surface area contributed by atoms with Crippen molar-refractivity contribution in [2.45, 2.75) is 27.7 Å². The average molecular weight is 366 g/mol. The second kappa shape index (κ2) is 8.57. The zero-order chi connectivity index (χ0) is 19.4. The van der Waals surface area contributed by atoms with Crippen LogP contribution in [0.1, 0.15) is 35.3 Å². The number of nitrogens with zero attached hydrogens (tertiary/aromatic N) is 2. The van der Waals surface area contributed by atoms with E-state index in [4.69, 9.17) is 0 Å². The predicted octanol–water partition coefficient (Wildman–Crippen LogP) is 3.86. The van der Waals surface area contributed by atoms with Crippen LogP contribution in [-0.2, 0) is 0 Å². The van der Waals surface area contributed by atoms with Crippen LogP contribution in [0.3, 0.4) is 0 Å². The van der Waals surface area contributed by atoms with E-state index in [1.54, 1.807) is 0 Å². The molecule has 0 bridgehead atoms. The maximum absolute atomic E-state index is 12.6. The molecule has 1 aliphatic rings. The van der Waals surface area contributed by atoms with E-state index >= 15 is 0 Å². The molecule has 1 heterocycles. The van der Waals surface area contributed by atoms with E-state index in [0.29, 0.717) is 0 Å². The standard InChI is InChI=1S/C23H31N3O/c1-5-25(6-2)23(27)20-9-7-19(8-10-20)21-15-17(3)18(4)16-22(21)26-13-11-24-12-14-26/h7-10,15-16,24H,5-6,11-14H2,1-4H3. The van der Waals surface area contributed by atoms with Crippen LogP contribution in [0.25, 0.3) is 11.1 Å². The number of carbonyl (C=O) groups excluding carboxylic acids is 1. The quantitative estimate of drug-likeness (QED) is 0.874. The molecule has 4 nitrogen and oxygen atoms in total. The number of hydrogen-bond donors (Lipinski definition) is 1. The molecule has 2 aromatic rings. The van der Waals surface area contributed by atoms with Crippen molar-refractivity contribution in [3.05, 3.63) is 53.1 Å². The van der Waals surface area contributed by atoms with Gasteiger partial charge in [-0.2, -0.15) is 0 Å². The summed E-state index contributed by atoms with van der Waals surface area (Å²) in [5.41, 5.74) is 7.09. The summed E-state index contributed by atoms with van der Waals surface area (Å²) in [6.45, 7) is 13.9. The highest BCUT2D eigenvalue weighted by Gasteiger charge is 2.17. The highest BCUT2D eigenvalue weighted by atomic mass is 16.2. The van der Waals surface area contributed by atoms with Crippen molar-refractivity contribution in [1.29, 1.82) is 0 Å². The maximum Gasteiger partial charge on any atom is 0.253 e. The molecular weight excluding hydrogens is 334 g/mol. The molecule has 1 amide bonds. The first-order valence-electron chi connectivity index (χ1n) is 10.0. The molecule has 0 saturated carbocycles. The molecule has 144 valence electrons. The van der Waals surface area contributed by atoms with Gasteiger partial charge in [0.25, 0.3) is 5.91 Å². The van der Waals surface area contributed by atoms with Crippen LogP contribution in [0.15, 0.2) is 36.4 Å².